The maximum absolute atomic E-state index is 13.2. The summed E-state index contributed by atoms with van der Waals surface area (Å²) in [7, 11) is 0. The van der Waals surface area contributed by atoms with Crippen molar-refractivity contribution in [2.75, 3.05) is 0 Å². The van der Waals surface area contributed by atoms with Crippen LogP contribution in [0.4, 0.5) is 13.2 Å². The lowest BCUT2D eigenvalue weighted by molar-refractivity contribution is -0.141. The molecular formula is C18H13ClF3N5O2. The molecular weight excluding hydrogens is 411 g/mol. The summed E-state index contributed by atoms with van der Waals surface area (Å²) in [6.07, 6.45) is 0.861. The van der Waals surface area contributed by atoms with Crippen LogP contribution in [0, 0.1) is 0 Å². The molecule has 0 N–H and O–H groups in total. The van der Waals surface area contributed by atoms with Gasteiger partial charge < -0.3 is 0 Å². The van der Waals surface area contributed by atoms with E-state index in [-0.39, 0.29) is 39.8 Å². The Balaban J connectivity index is 1.65. The highest BCUT2D eigenvalue weighted by atomic mass is 35.5. The third-order valence-electron chi connectivity index (χ3n) is 5.04. The van der Waals surface area contributed by atoms with Gasteiger partial charge in [-0.05, 0) is 31.7 Å². The van der Waals surface area contributed by atoms with Crippen LogP contribution in [-0.4, -0.2) is 30.3 Å². The van der Waals surface area contributed by atoms with Gasteiger partial charge in [-0.25, -0.2) is 9.67 Å². The summed E-state index contributed by atoms with van der Waals surface area (Å²) < 4.78 is 41.6. The summed E-state index contributed by atoms with van der Waals surface area (Å²) in [5.74, 6) is -0.604. The van der Waals surface area contributed by atoms with Crippen LogP contribution in [0.25, 0.3) is 10.9 Å². The molecule has 2 aliphatic rings. The minimum Gasteiger partial charge on any atom is -0.287 e. The predicted octanol–water partition coefficient (Wildman–Crippen LogP) is 3.56. The number of hydrogen-bond donors (Lipinski definition) is 0. The third-order valence-corrected chi connectivity index (χ3v) is 5.33. The van der Waals surface area contributed by atoms with Gasteiger partial charge in [-0.3, -0.25) is 14.3 Å². The predicted molar refractivity (Wildman–Crippen MR) is 96.0 cm³/mol. The van der Waals surface area contributed by atoms with E-state index in [0.717, 1.165) is 37.9 Å². The number of aromatic nitrogens is 5. The molecule has 2 saturated carbocycles. The van der Waals surface area contributed by atoms with Crippen LogP contribution in [-0.2, 0) is 6.18 Å². The summed E-state index contributed by atoms with van der Waals surface area (Å²) in [6.45, 7) is 0. The van der Waals surface area contributed by atoms with Crippen molar-refractivity contribution in [3.8, 4) is 0 Å². The van der Waals surface area contributed by atoms with Gasteiger partial charge in [0.15, 0.2) is 11.2 Å². The first-order valence-corrected chi connectivity index (χ1v) is 9.41. The fraction of sp³-hybridized carbons (Fsp3) is 0.389. The van der Waals surface area contributed by atoms with E-state index in [4.69, 9.17) is 11.6 Å². The molecule has 3 heterocycles. The molecule has 0 saturated heterocycles. The monoisotopic (exact) mass is 423 g/mol. The van der Waals surface area contributed by atoms with E-state index >= 15 is 0 Å². The van der Waals surface area contributed by atoms with E-state index in [0.29, 0.717) is 0 Å². The smallest absolute Gasteiger partial charge is 0.287 e. The Morgan fingerprint density at radius 3 is 2.34 bits per heavy atom. The van der Waals surface area contributed by atoms with Gasteiger partial charge in [-0.1, -0.05) is 11.6 Å². The van der Waals surface area contributed by atoms with Crippen molar-refractivity contribution in [3.63, 3.8) is 0 Å². The van der Waals surface area contributed by atoms with Crippen LogP contribution in [0.5, 0.6) is 0 Å². The van der Waals surface area contributed by atoms with Gasteiger partial charge in [0.1, 0.15) is 5.69 Å². The number of ketones is 1. The molecule has 0 aromatic carbocycles. The average Bonchev–Trinajstić information content (AvgIpc) is 3.57. The van der Waals surface area contributed by atoms with E-state index in [1.807, 2.05) is 0 Å². The first-order valence-electron chi connectivity index (χ1n) is 9.03. The molecule has 0 radical (unpaired) electrons. The molecule has 3 aromatic heterocycles. The second kappa shape index (κ2) is 6.12. The molecule has 150 valence electrons. The lowest BCUT2D eigenvalue weighted by atomic mass is 10.1. The van der Waals surface area contributed by atoms with Gasteiger partial charge in [-0.2, -0.15) is 23.4 Å². The Morgan fingerprint density at radius 1 is 1.10 bits per heavy atom. The molecule has 0 aliphatic heterocycles. The Kier molecular flexibility index (Phi) is 3.86. The maximum atomic E-state index is 13.2. The van der Waals surface area contributed by atoms with E-state index in [2.05, 4.69) is 15.2 Å². The summed E-state index contributed by atoms with van der Waals surface area (Å²) in [6, 6.07) is 0.956. The van der Waals surface area contributed by atoms with E-state index < -0.39 is 22.7 Å². The number of carbonyl (C=O) groups is 1. The van der Waals surface area contributed by atoms with Gasteiger partial charge in [0.25, 0.3) is 5.56 Å². The molecule has 11 heteroatoms. The number of alkyl halides is 3. The van der Waals surface area contributed by atoms with Crippen molar-refractivity contribution in [2.24, 2.45) is 0 Å². The van der Waals surface area contributed by atoms with Crippen LogP contribution in [0.2, 0.25) is 5.02 Å². The molecule has 29 heavy (non-hydrogen) atoms. The van der Waals surface area contributed by atoms with Crippen molar-refractivity contribution in [1.82, 2.24) is 24.5 Å². The summed E-state index contributed by atoms with van der Waals surface area (Å²) in [4.78, 5) is 29.2. The van der Waals surface area contributed by atoms with E-state index in [1.54, 1.807) is 0 Å². The number of pyridine rings is 1. The van der Waals surface area contributed by atoms with Crippen LogP contribution in [0.3, 0.4) is 0 Å². The van der Waals surface area contributed by atoms with Crippen molar-refractivity contribution in [2.45, 2.75) is 43.9 Å². The Hall–Kier alpha value is -2.75. The minimum absolute atomic E-state index is 0.0343. The van der Waals surface area contributed by atoms with Crippen LogP contribution >= 0.6 is 11.6 Å². The number of fused-ring (bicyclic) bond motifs is 1. The lowest BCUT2D eigenvalue weighted by Crippen LogP contribution is -2.21. The van der Waals surface area contributed by atoms with Gasteiger partial charge >= 0.3 is 6.18 Å². The zero-order valence-electron chi connectivity index (χ0n) is 14.8. The molecule has 0 bridgehead atoms. The Bertz CT molecular complexity index is 1220. The second-order valence-electron chi connectivity index (χ2n) is 7.29. The lowest BCUT2D eigenvalue weighted by Gasteiger charge is -2.10. The van der Waals surface area contributed by atoms with Gasteiger partial charge in [0.2, 0.25) is 5.78 Å². The van der Waals surface area contributed by atoms with Gasteiger partial charge in [0.05, 0.1) is 28.7 Å². The number of rotatable bonds is 4. The van der Waals surface area contributed by atoms with Crippen molar-refractivity contribution in [1.29, 1.82) is 0 Å². The SMILES string of the molecule is O=C(c1cnc(C(F)(F)F)c(Cl)c1)c1c2cnn(C3CC3)c(=O)c2nn1C1CC1. The topological polar surface area (TPSA) is 82.7 Å². The first kappa shape index (κ1) is 18.3. The van der Waals surface area contributed by atoms with Crippen molar-refractivity contribution < 1.29 is 18.0 Å². The summed E-state index contributed by atoms with van der Waals surface area (Å²) >= 11 is 5.72. The fourth-order valence-electron chi connectivity index (χ4n) is 3.30. The third kappa shape index (κ3) is 3.02. The quantitative estimate of drug-likeness (QED) is 0.599. The molecule has 2 fully saturated rings. The number of nitrogens with zero attached hydrogens (tertiary/aromatic N) is 5. The fourth-order valence-corrected chi connectivity index (χ4v) is 3.58. The van der Waals surface area contributed by atoms with Gasteiger partial charge in [-0.15, -0.1) is 0 Å². The highest BCUT2D eigenvalue weighted by Crippen LogP contribution is 2.39. The number of halogens is 4. The Morgan fingerprint density at radius 2 is 1.76 bits per heavy atom. The number of hydrogen-bond acceptors (Lipinski definition) is 5. The van der Waals surface area contributed by atoms with Crippen molar-refractivity contribution in [3.05, 3.63) is 50.8 Å². The normalized spacial score (nSPS) is 17.1. The standard InChI is InChI=1S/C18H13ClF3N5O2/c19-12-5-8(6-23-16(12)18(20,21)22)15(28)14-11-7-24-27(10-3-4-10)17(29)13(11)25-26(14)9-1-2-9/h5-7,9-10H,1-4H2. The van der Waals surface area contributed by atoms with Crippen molar-refractivity contribution >= 4 is 28.3 Å². The summed E-state index contributed by atoms with van der Waals surface area (Å²) in [5.41, 5.74) is -1.49. The minimum atomic E-state index is -4.72. The maximum Gasteiger partial charge on any atom is 0.434 e. The molecule has 5 rings (SSSR count). The summed E-state index contributed by atoms with van der Waals surface area (Å²) in [5, 5.41) is 8.14. The largest absolute Gasteiger partial charge is 0.434 e. The van der Waals surface area contributed by atoms with Crippen LogP contribution < -0.4 is 5.56 Å². The number of carbonyl (C=O) groups excluding carboxylic acids is 1. The van der Waals surface area contributed by atoms with Crippen LogP contribution in [0.1, 0.15) is 59.5 Å². The Labute approximate surface area is 166 Å². The average molecular weight is 424 g/mol. The molecule has 0 unspecified atom stereocenters. The molecule has 7 nitrogen and oxygen atoms in total. The van der Waals surface area contributed by atoms with Gasteiger partial charge in [0, 0.05) is 11.8 Å². The van der Waals surface area contributed by atoms with E-state index in [9.17, 15) is 22.8 Å². The highest BCUT2D eigenvalue weighted by Gasteiger charge is 2.37. The highest BCUT2D eigenvalue weighted by molar-refractivity contribution is 6.32. The molecule has 0 atom stereocenters. The van der Waals surface area contributed by atoms with E-state index in [1.165, 1.54) is 15.6 Å². The zero-order valence-corrected chi connectivity index (χ0v) is 15.5. The molecule has 0 amide bonds. The first-order chi connectivity index (χ1) is 13.8. The zero-order chi connectivity index (χ0) is 20.5. The molecule has 0 spiro atoms. The molecule has 3 aromatic rings. The second-order valence-corrected chi connectivity index (χ2v) is 7.70. The van der Waals surface area contributed by atoms with Crippen LogP contribution in [0.15, 0.2) is 23.3 Å². The molecule has 2 aliphatic carbocycles.